The molecule has 1 aromatic carbocycles. The third-order valence-electron chi connectivity index (χ3n) is 9.01. The Bertz CT molecular complexity index is 1490. The Morgan fingerprint density at radius 2 is 1.98 bits per heavy atom. The summed E-state index contributed by atoms with van der Waals surface area (Å²) in [5.41, 5.74) is 2.56. The van der Waals surface area contributed by atoms with Gasteiger partial charge in [0.25, 0.3) is 0 Å². The highest BCUT2D eigenvalue weighted by Crippen LogP contribution is 2.59. The topological polar surface area (TPSA) is 86.9 Å². The summed E-state index contributed by atoms with van der Waals surface area (Å²) >= 11 is 0. The van der Waals surface area contributed by atoms with E-state index in [1.165, 1.54) is 19.2 Å². The fourth-order valence-electron chi connectivity index (χ4n) is 6.99. The van der Waals surface area contributed by atoms with Gasteiger partial charge in [0.1, 0.15) is 23.0 Å². The number of carbonyl (C=O) groups is 1. The molecule has 5 atom stereocenters. The molecule has 8 nitrogen and oxygen atoms in total. The molecule has 2 aliphatic carbocycles. The van der Waals surface area contributed by atoms with Crippen LogP contribution in [-0.2, 0) is 16.1 Å². The van der Waals surface area contributed by atoms with Crippen LogP contribution in [-0.4, -0.2) is 47.8 Å². The van der Waals surface area contributed by atoms with Crippen molar-refractivity contribution in [1.29, 1.82) is 0 Å². The second-order valence-electron chi connectivity index (χ2n) is 11.5. The van der Waals surface area contributed by atoms with Crippen molar-refractivity contribution in [2.24, 2.45) is 11.8 Å². The van der Waals surface area contributed by atoms with Gasteiger partial charge in [-0.2, -0.15) is 0 Å². The van der Waals surface area contributed by atoms with E-state index in [0.717, 1.165) is 43.5 Å². The van der Waals surface area contributed by atoms with Crippen LogP contribution in [0.4, 0.5) is 19.0 Å². The van der Waals surface area contributed by atoms with Gasteiger partial charge in [-0.3, -0.25) is 0 Å². The van der Waals surface area contributed by atoms with Gasteiger partial charge < -0.3 is 23.6 Å². The minimum Gasteiger partial charge on any atom is -0.465 e. The van der Waals surface area contributed by atoms with Crippen molar-refractivity contribution >= 4 is 11.8 Å². The van der Waals surface area contributed by atoms with Gasteiger partial charge in [0.05, 0.1) is 25.4 Å². The molecule has 216 valence electrons. The van der Waals surface area contributed by atoms with Crippen LogP contribution in [0, 0.1) is 18.8 Å². The summed E-state index contributed by atoms with van der Waals surface area (Å²) in [6.07, 6.45) is 1.83. The fraction of sp³-hybridized carbons (Fsp3) is 0.500. The van der Waals surface area contributed by atoms with Crippen molar-refractivity contribution < 1.29 is 36.7 Å². The summed E-state index contributed by atoms with van der Waals surface area (Å²) in [5, 5.41) is 4.20. The normalized spacial score (nSPS) is 26.6. The predicted octanol–water partition coefficient (Wildman–Crippen LogP) is 6.18. The number of esters is 1. The number of para-hydroxylation sites is 1. The molecule has 0 radical (unpaired) electrons. The first-order valence-electron chi connectivity index (χ1n) is 14.0. The maximum Gasteiger partial charge on any atom is 0.573 e. The van der Waals surface area contributed by atoms with Crippen LogP contribution in [0.2, 0.25) is 0 Å². The zero-order valence-electron chi connectivity index (χ0n) is 22.7. The Balaban J connectivity index is 1.11. The van der Waals surface area contributed by atoms with Gasteiger partial charge in [-0.1, -0.05) is 17.3 Å². The first-order chi connectivity index (χ1) is 19.7. The van der Waals surface area contributed by atoms with Crippen molar-refractivity contribution in [3.05, 3.63) is 59.0 Å². The number of fused-ring (bicyclic) bond motifs is 4. The second kappa shape index (κ2) is 9.75. The molecule has 2 saturated heterocycles. The van der Waals surface area contributed by atoms with Gasteiger partial charge in [0.15, 0.2) is 0 Å². The molecule has 0 N–H and O–H groups in total. The molecule has 41 heavy (non-hydrogen) atoms. The number of aryl methyl sites for hydroxylation is 1. The average molecular weight is 570 g/mol. The van der Waals surface area contributed by atoms with Gasteiger partial charge >= 0.3 is 12.3 Å². The number of piperidine rings is 1. The average Bonchev–Trinajstić information content (AvgIpc) is 3.83. The molecule has 2 bridgehead atoms. The van der Waals surface area contributed by atoms with Crippen LogP contribution in [0.1, 0.15) is 65.3 Å². The van der Waals surface area contributed by atoms with Crippen molar-refractivity contribution in [2.45, 2.75) is 76.1 Å². The number of anilines is 1. The van der Waals surface area contributed by atoms with Crippen LogP contribution in [0.15, 0.2) is 41.1 Å². The SMILES string of the molecule is COC(=O)c1cnc(N2C3CCC2C2C(C3)[C@@H]2OCc2c(-c3ccccc3OC(F)(F)F)noc2C2CC2)cc1C. The van der Waals surface area contributed by atoms with Gasteiger partial charge in [-0.05, 0) is 68.7 Å². The summed E-state index contributed by atoms with van der Waals surface area (Å²) in [7, 11) is 1.36. The second-order valence-corrected chi connectivity index (χ2v) is 11.5. The smallest absolute Gasteiger partial charge is 0.465 e. The Morgan fingerprint density at radius 1 is 1.17 bits per heavy atom. The third-order valence-corrected chi connectivity index (χ3v) is 9.01. The maximum atomic E-state index is 13.1. The highest BCUT2D eigenvalue weighted by atomic mass is 19.4. The lowest BCUT2D eigenvalue weighted by Gasteiger charge is -2.35. The Hall–Kier alpha value is -3.60. The monoisotopic (exact) mass is 569 g/mol. The zero-order chi connectivity index (χ0) is 28.5. The molecular formula is C30H30F3N3O5. The predicted molar refractivity (Wildman–Crippen MR) is 140 cm³/mol. The highest BCUT2D eigenvalue weighted by molar-refractivity contribution is 5.90. The fourth-order valence-corrected chi connectivity index (χ4v) is 6.99. The third kappa shape index (κ3) is 4.73. The number of ether oxygens (including phenoxy) is 3. The van der Waals surface area contributed by atoms with Gasteiger partial charge in [-0.15, -0.1) is 13.2 Å². The quantitative estimate of drug-likeness (QED) is 0.297. The van der Waals surface area contributed by atoms with Crippen LogP contribution in [0.3, 0.4) is 0 Å². The summed E-state index contributed by atoms with van der Waals surface area (Å²) in [4.78, 5) is 19.1. The van der Waals surface area contributed by atoms with Crippen LogP contribution in [0.5, 0.6) is 5.75 Å². The molecular weight excluding hydrogens is 539 g/mol. The Kier molecular flexibility index (Phi) is 6.26. The summed E-state index contributed by atoms with van der Waals surface area (Å²) < 4.78 is 60.7. The van der Waals surface area contributed by atoms with E-state index in [1.807, 2.05) is 13.0 Å². The Morgan fingerprint density at radius 3 is 2.71 bits per heavy atom. The number of carbonyl (C=O) groups excluding carboxylic acids is 1. The first kappa shape index (κ1) is 26.3. The number of aromatic nitrogens is 2. The molecule has 3 aromatic rings. The number of hydrogen-bond donors (Lipinski definition) is 0. The number of nitrogens with zero attached hydrogens (tertiary/aromatic N) is 3. The molecule has 4 unspecified atom stereocenters. The number of hydrogen-bond acceptors (Lipinski definition) is 8. The van der Waals surface area contributed by atoms with Crippen LogP contribution >= 0.6 is 0 Å². The van der Waals surface area contributed by atoms with Crippen molar-refractivity contribution in [3.8, 4) is 17.0 Å². The molecule has 4 fully saturated rings. The number of methoxy groups -OCH3 is 1. The molecule has 4 aliphatic rings. The van der Waals surface area contributed by atoms with Crippen molar-refractivity contribution in [1.82, 2.24) is 10.1 Å². The molecule has 0 amide bonds. The van der Waals surface area contributed by atoms with Crippen molar-refractivity contribution in [2.75, 3.05) is 12.0 Å². The van der Waals surface area contributed by atoms with E-state index in [2.05, 4.69) is 19.8 Å². The lowest BCUT2D eigenvalue weighted by Crippen LogP contribution is -2.42. The largest absolute Gasteiger partial charge is 0.573 e. The first-order valence-corrected chi connectivity index (χ1v) is 14.0. The van der Waals surface area contributed by atoms with E-state index < -0.39 is 12.3 Å². The molecule has 2 aromatic heterocycles. The molecule has 0 spiro atoms. The number of rotatable bonds is 8. The molecule has 2 aliphatic heterocycles. The number of pyridine rings is 1. The van der Waals surface area contributed by atoms with E-state index in [0.29, 0.717) is 40.5 Å². The van der Waals surface area contributed by atoms with E-state index in [-0.39, 0.29) is 36.0 Å². The van der Waals surface area contributed by atoms with Gasteiger partial charge in [-0.25, -0.2) is 9.78 Å². The highest BCUT2D eigenvalue weighted by Gasteiger charge is 2.63. The van der Waals surface area contributed by atoms with Gasteiger partial charge in [0, 0.05) is 41.2 Å². The number of halogens is 3. The minimum atomic E-state index is -4.82. The van der Waals surface area contributed by atoms with E-state index in [1.54, 1.807) is 18.3 Å². The molecule has 11 heteroatoms. The zero-order valence-corrected chi connectivity index (χ0v) is 22.7. The van der Waals surface area contributed by atoms with Crippen LogP contribution < -0.4 is 9.64 Å². The maximum absolute atomic E-state index is 13.1. The summed E-state index contributed by atoms with van der Waals surface area (Å²) in [5.74, 6) is 1.82. The lowest BCUT2D eigenvalue weighted by molar-refractivity contribution is -0.274. The van der Waals surface area contributed by atoms with E-state index in [4.69, 9.17) is 14.0 Å². The van der Waals surface area contributed by atoms with E-state index >= 15 is 0 Å². The lowest BCUT2D eigenvalue weighted by atomic mass is 10.0. The standard InChI is InChI=1S/C30H30F3N3O5/c1-15-11-24(34-13-20(15)29(37)38-2)36-17-9-10-22(36)25-19(12-17)28(25)39-14-21-26(35-41-27(21)16-7-8-16)18-5-3-4-6-23(18)40-30(31,32)33/h3-6,11,13,16-17,19,22,25,28H,7-10,12,14H2,1-2H3/t17?,19?,22?,25?,28-/m0/s1. The van der Waals surface area contributed by atoms with Gasteiger partial charge in [0.2, 0.25) is 0 Å². The molecule has 7 rings (SSSR count). The molecule has 2 saturated carbocycles. The molecule has 4 heterocycles. The van der Waals surface area contributed by atoms with Crippen molar-refractivity contribution in [3.63, 3.8) is 0 Å². The summed E-state index contributed by atoms with van der Waals surface area (Å²) in [6, 6.07) is 8.60. The number of alkyl halides is 3. The Labute approximate surface area is 234 Å². The van der Waals surface area contributed by atoms with E-state index in [9.17, 15) is 18.0 Å². The minimum absolute atomic E-state index is 0.0414. The number of benzene rings is 1. The summed E-state index contributed by atoms with van der Waals surface area (Å²) in [6.45, 7) is 2.10. The van der Waals surface area contributed by atoms with Crippen LogP contribution in [0.25, 0.3) is 11.3 Å².